The van der Waals surface area contributed by atoms with Crippen LogP contribution in [-0.4, -0.2) is 9.97 Å². The molecule has 4 nitrogen and oxygen atoms in total. The van der Waals surface area contributed by atoms with E-state index >= 15 is 0 Å². The highest BCUT2D eigenvalue weighted by Crippen LogP contribution is 2.29. The molecule has 1 saturated carbocycles. The quantitative estimate of drug-likeness (QED) is 0.606. The standard InChI is InChI=1S/C13H22N4/c14-17-12(13-10-15-8-9-16-13)7-6-11-4-2-1-3-5-11/h8-12,17H,1-7,14H2. The Morgan fingerprint density at radius 1 is 1.29 bits per heavy atom. The summed E-state index contributed by atoms with van der Waals surface area (Å²) in [4.78, 5) is 8.40. The van der Waals surface area contributed by atoms with Crippen molar-refractivity contribution < 1.29 is 0 Å². The maximum atomic E-state index is 5.60. The fraction of sp³-hybridized carbons (Fsp3) is 0.692. The van der Waals surface area contributed by atoms with Gasteiger partial charge in [0.2, 0.25) is 0 Å². The lowest BCUT2D eigenvalue weighted by atomic mass is 9.85. The van der Waals surface area contributed by atoms with E-state index in [4.69, 9.17) is 5.84 Å². The predicted molar refractivity (Wildman–Crippen MR) is 67.9 cm³/mol. The van der Waals surface area contributed by atoms with Gasteiger partial charge in [0.15, 0.2) is 0 Å². The lowest BCUT2D eigenvalue weighted by Crippen LogP contribution is -2.29. The number of aromatic nitrogens is 2. The van der Waals surface area contributed by atoms with Crippen LogP contribution >= 0.6 is 0 Å². The van der Waals surface area contributed by atoms with Crippen molar-refractivity contribution in [2.24, 2.45) is 11.8 Å². The molecule has 1 fully saturated rings. The molecule has 0 aromatic carbocycles. The molecule has 0 spiro atoms. The summed E-state index contributed by atoms with van der Waals surface area (Å²) in [6, 6.07) is 0.144. The Balaban J connectivity index is 1.83. The van der Waals surface area contributed by atoms with Crippen molar-refractivity contribution in [3.05, 3.63) is 24.3 Å². The molecule has 4 heteroatoms. The second kappa shape index (κ2) is 6.67. The normalized spacial score (nSPS) is 19.1. The molecule has 1 aliphatic carbocycles. The van der Waals surface area contributed by atoms with E-state index in [-0.39, 0.29) is 6.04 Å². The topological polar surface area (TPSA) is 63.8 Å². The minimum atomic E-state index is 0.144. The average molecular weight is 234 g/mol. The van der Waals surface area contributed by atoms with E-state index < -0.39 is 0 Å². The Labute approximate surface area is 103 Å². The van der Waals surface area contributed by atoms with Gasteiger partial charge >= 0.3 is 0 Å². The molecule has 0 saturated heterocycles. The van der Waals surface area contributed by atoms with Crippen LogP contribution in [0.5, 0.6) is 0 Å². The Morgan fingerprint density at radius 3 is 2.76 bits per heavy atom. The molecule has 17 heavy (non-hydrogen) atoms. The van der Waals surface area contributed by atoms with Gasteiger partial charge in [-0.3, -0.25) is 21.2 Å². The molecule has 1 aromatic heterocycles. The van der Waals surface area contributed by atoms with Crippen LogP contribution < -0.4 is 11.3 Å². The predicted octanol–water partition coefficient (Wildman–Crippen LogP) is 2.34. The summed E-state index contributed by atoms with van der Waals surface area (Å²) < 4.78 is 0. The number of hydrogen-bond acceptors (Lipinski definition) is 4. The summed E-state index contributed by atoms with van der Waals surface area (Å²) in [5, 5.41) is 0. The molecule has 1 heterocycles. The molecule has 94 valence electrons. The largest absolute Gasteiger partial charge is 0.271 e. The smallest absolute Gasteiger partial charge is 0.0769 e. The fourth-order valence-corrected chi connectivity index (χ4v) is 2.69. The van der Waals surface area contributed by atoms with Gasteiger partial charge in [0.25, 0.3) is 0 Å². The molecule has 1 unspecified atom stereocenters. The summed E-state index contributed by atoms with van der Waals surface area (Å²) in [5.74, 6) is 6.49. The van der Waals surface area contributed by atoms with Crippen molar-refractivity contribution in [3.8, 4) is 0 Å². The van der Waals surface area contributed by atoms with Gasteiger partial charge < -0.3 is 0 Å². The van der Waals surface area contributed by atoms with Gasteiger partial charge in [0.05, 0.1) is 17.9 Å². The molecule has 1 atom stereocenters. The number of hydrazine groups is 1. The zero-order valence-electron chi connectivity index (χ0n) is 10.3. The molecule has 0 radical (unpaired) electrons. The second-order valence-electron chi connectivity index (χ2n) is 4.93. The van der Waals surface area contributed by atoms with Crippen molar-refractivity contribution >= 4 is 0 Å². The van der Waals surface area contributed by atoms with Gasteiger partial charge in [-0.05, 0) is 18.8 Å². The van der Waals surface area contributed by atoms with E-state index in [1.54, 1.807) is 18.6 Å². The highest BCUT2D eigenvalue weighted by Gasteiger charge is 2.17. The molecule has 0 amide bonds. The Kier molecular flexibility index (Phi) is 4.88. The molecule has 3 N–H and O–H groups in total. The van der Waals surface area contributed by atoms with Crippen molar-refractivity contribution in [1.29, 1.82) is 0 Å². The van der Waals surface area contributed by atoms with E-state index in [0.29, 0.717) is 0 Å². The first kappa shape index (κ1) is 12.5. The lowest BCUT2D eigenvalue weighted by molar-refractivity contribution is 0.313. The van der Waals surface area contributed by atoms with Crippen LogP contribution in [0.4, 0.5) is 0 Å². The van der Waals surface area contributed by atoms with E-state index in [9.17, 15) is 0 Å². The molecule has 1 aliphatic rings. The molecule has 1 aromatic rings. The lowest BCUT2D eigenvalue weighted by Gasteiger charge is -2.23. The maximum absolute atomic E-state index is 5.60. The van der Waals surface area contributed by atoms with Crippen LogP contribution in [0, 0.1) is 5.92 Å². The van der Waals surface area contributed by atoms with Crippen molar-refractivity contribution in [2.45, 2.75) is 51.0 Å². The third-order valence-corrected chi connectivity index (χ3v) is 3.73. The third kappa shape index (κ3) is 3.75. The van der Waals surface area contributed by atoms with Gasteiger partial charge in [-0.25, -0.2) is 0 Å². The molecule has 2 rings (SSSR count). The van der Waals surface area contributed by atoms with Crippen molar-refractivity contribution in [2.75, 3.05) is 0 Å². The van der Waals surface area contributed by atoms with Crippen LogP contribution in [-0.2, 0) is 0 Å². The Morgan fingerprint density at radius 2 is 2.12 bits per heavy atom. The summed E-state index contributed by atoms with van der Waals surface area (Å²) in [6.45, 7) is 0. The number of rotatable bonds is 5. The number of hydrogen-bond donors (Lipinski definition) is 2. The monoisotopic (exact) mass is 234 g/mol. The Bertz CT molecular complexity index is 308. The zero-order chi connectivity index (χ0) is 11.9. The second-order valence-corrected chi connectivity index (χ2v) is 4.93. The molecular formula is C13H22N4. The minimum absolute atomic E-state index is 0.144. The van der Waals surface area contributed by atoms with E-state index in [2.05, 4.69) is 15.4 Å². The van der Waals surface area contributed by atoms with Crippen LogP contribution in [0.25, 0.3) is 0 Å². The average Bonchev–Trinajstić information content (AvgIpc) is 2.42. The fourth-order valence-electron chi connectivity index (χ4n) is 2.69. The molecule has 0 aliphatic heterocycles. The number of nitrogens with two attached hydrogens (primary N) is 1. The SMILES string of the molecule is NNC(CCC1CCCCC1)c1cnccn1. The van der Waals surface area contributed by atoms with Gasteiger partial charge in [-0.15, -0.1) is 0 Å². The molecular weight excluding hydrogens is 212 g/mol. The third-order valence-electron chi connectivity index (χ3n) is 3.73. The van der Waals surface area contributed by atoms with Gasteiger partial charge in [0, 0.05) is 12.4 Å². The summed E-state index contributed by atoms with van der Waals surface area (Å²) in [6.07, 6.45) is 14.5. The highest BCUT2D eigenvalue weighted by molar-refractivity contribution is 5.01. The summed E-state index contributed by atoms with van der Waals surface area (Å²) in [7, 11) is 0. The van der Waals surface area contributed by atoms with Crippen LogP contribution in [0.3, 0.4) is 0 Å². The van der Waals surface area contributed by atoms with E-state index in [1.807, 2.05) is 0 Å². The number of nitrogens with one attached hydrogen (secondary N) is 1. The van der Waals surface area contributed by atoms with Crippen molar-refractivity contribution in [3.63, 3.8) is 0 Å². The molecule has 0 bridgehead atoms. The van der Waals surface area contributed by atoms with Gasteiger partial charge in [-0.2, -0.15) is 0 Å². The minimum Gasteiger partial charge on any atom is -0.271 e. The van der Waals surface area contributed by atoms with Crippen LogP contribution in [0.1, 0.15) is 56.7 Å². The summed E-state index contributed by atoms with van der Waals surface area (Å²) in [5.41, 5.74) is 3.81. The van der Waals surface area contributed by atoms with Gasteiger partial charge in [0.1, 0.15) is 0 Å². The maximum Gasteiger partial charge on any atom is 0.0769 e. The van der Waals surface area contributed by atoms with Crippen LogP contribution in [0.2, 0.25) is 0 Å². The highest BCUT2D eigenvalue weighted by atomic mass is 15.2. The Hall–Kier alpha value is -1.00. The first-order valence-electron chi connectivity index (χ1n) is 6.62. The van der Waals surface area contributed by atoms with Crippen LogP contribution in [0.15, 0.2) is 18.6 Å². The van der Waals surface area contributed by atoms with Gasteiger partial charge in [-0.1, -0.05) is 32.1 Å². The van der Waals surface area contributed by atoms with Crippen molar-refractivity contribution in [1.82, 2.24) is 15.4 Å². The van der Waals surface area contributed by atoms with E-state index in [1.165, 1.54) is 38.5 Å². The first-order chi connectivity index (χ1) is 8.40. The first-order valence-corrected chi connectivity index (χ1v) is 6.62. The zero-order valence-corrected chi connectivity index (χ0v) is 10.3. The van der Waals surface area contributed by atoms with E-state index in [0.717, 1.165) is 18.0 Å². The number of nitrogens with zero attached hydrogens (tertiary/aromatic N) is 2. The summed E-state index contributed by atoms with van der Waals surface area (Å²) >= 11 is 0.